The molecule has 4 heteroatoms. The Kier molecular flexibility index (Phi) is 2.74. The number of rotatable bonds is 2. The molecule has 2 bridgehead atoms. The molecule has 3 rings (SSSR count). The summed E-state index contributed by atoms with van der Waals surface area (Å²) in [5.41, 5.74) is 1.30. The second kappa shape index (κ2) is 4.28. The van der Waals surface area contributed by atoms with Gasteiger partial charge < -0.3 is 10.0 Å². The first-order valence-corrected chi connectivity index (χ1v) is 6.46. The van der Waals surface area contributed by atoms with Gasteiger partial charge in [0.25, 0.3) is 0 Å². The fraction of sp³-hybridized carbons (Fsp3) is 0.500. The normalized spacial score (nSPS) is 30.9. The van der Waals surface area contributed by atoms with E-state index in [2.05, 4.69) is 36.1 Å². The lowest BCUT2D eigenvalue weighted by atomic mass is 10.1. The zero-order valence-electron chi connectivity index (χ0n) is 10.5. The largest absolute Gasteiger partial charge is 0.465 e. The van der Waals surface area contributed by atoms with E-state index >= 15 is 0 Å². The Balaban J connectivity index is 1.73. The summed E-state index contributed by atoms with van der Waals surface area (Å²) in [6.07, 6.45) is 0.217. The number of nitrogens with zero attached hydrogens (tertiary/aromatic N) is 2. The monoisotopic (exact) mass is 246 g/mol. The number of carboxylic acid groups (broad SMARTS) is 1. The van der Waals surface area contributed by atoms with Crippen molar-refractivity contribution in [3.63, 3.8) is 0 Å². The molecule has 2 aliphatic heterocycles. The molecular weight excluding hydrogens is 228 g/mol. The van der Waals surface area contributed by atoms with Crippen molar-refractivity contribution in [1.29, 1.82) is 0 Å². The SMILES string of the molecule is CC1C2CC(CN2C(=O)O)N1Cc1ccccc1. The molecule has 1 N–H and O–H groups in total. The maximum atomic E-state index is 11.1. The van der Waals surface area contributed by atoms with E-state index in [4.69, 9.17) is 5.11 Å². The Hall–Kier alpha value is -1.55. The lowest BCUT2D eigenvalue weighted by molar-refractivity contribution is 0.0682. The third-order valence-electron chi connectivity index (χ3n) is 4.32. The second-order valence-corrected chi connectivity index (χ2v) is 5.29. The minimum Gasteiger partial charge on any atom is -0.465 e. The van der Waals surface area contributed by atoms with Crippen LogP contribution in [-0.4, -0.2) is 45.7 Å². The van der Waals surface area contributed by atoms with Crippen LogP contribution in [0.4, 0.5) is 4.79 Å². The zero-order chi connectivity index (χ0) is 12.7. The summed E-state index contributed by atoms with van der Waals surface area (Å²) in [6.45, 7) is 3.73. The van der Waals surface area contributed by atoms with Gasteiger partial charge in [0.1, 0.15) is 0 Å². The maximum Gasteiger partial charge on any atom is 0.407 e. The van der Waals surface area contributed by atoms with Crippen LogP contribution in [0.25, 0.3) is 0 Å². The van der Waals surface area contributed by atoms with Crippen molar-refractivity contribution in [2.24, 2.45) is 0 Å². The van der Waals surface area contributed by atoms with Crippen LogP contribution in [-0.2, 0) is 6.54 Å². The number of hydrogen-bond donors (Lipinski definition) is 1. The smallest absolute Gasteiger partial charge is 0.407 e. The Morgan fingerprint density at radius 2 is 2.11 bits per heavy atom. The fourth-order valence-corrected chi connectivity index (χ4v) is 3.38. The van der Waals surface area contributed by atoms with E-state index in [9.17, 15) is 4.79 Å². The van der Waals surface area contributed by atoms with Crippen LogP contribution < -0.4 is 0 Å². The molecule has 0 aliphatic carbocycles. The summed E-state index contributed by atoms with van der Waals surface area (Å²) in [5, 5.41) is 9.14. The van der Waals surface area contributed by atoms with Crippen LogP contribution >= 0.6 is 0 Å². The van der Waals surface area contributed by atoms with E-state index in [-0.39, 0.29) is 6.04 Å². The minimum absolute atomic E-state index is 0.177. The van der Waals surface area contributed by atoms with Crippen LogP contribution in [0.5, 0.6) is 0 Å². The van der Waals surface area contributed by atoms with Gasteiger partial charge in [-0.25, -0.2) is 4.79 Å². The van der Waals surface area contributed by atoms with E-state index < -0.39 is 6.09 Å². The Labute approximate surface area is 107 Å². The molecule has 96 valence electrons. The van der Waals surface area contributed by atoms with Crippen molar-refractivity contribution in [2.45, 2.75) is 38.0 Å². The van der Waals surface area contributed by atoms with Gasteiger partial charge in [0.2, 0.25) is 0 Å². The van der Waals surface area contributed by atoms with Crippen LogP contribution in [0.3, 0.4) is 0 Å². The molecule has 18 heavy (non-hydrogen) atoms. The van der Waals surface area contributed by atoms with Crippen molar-refractivity contribution < 1.29 is 9.90 Å². The lowest BCUT2D eigenvalue weighted by Gasteiger charge is -2.38. The summed E-state index contributed by atoms with van der Waals surface area (Å²) >= 11 is 0. The first-order chi connectivity index (χ1) is 8.66. The third kappa shape index (κ3) is 1.77. The third-order valence-corrected chi connectivity index (χ3v) is 4.32. The quantitative estimate of drug-likeness (QED) is 0.868. The van der Waals surface area contributed by atoms with Crippen molar-refractivity contribution in [3.8, 4) is 0 Å². The van der Waals surface area contributed by atoms with Gasteiger partial charge in [0, 0.05) is 25.2 Å². The summed E-state index contributed by atoms with van der Waals surface area (Å²) < 4.78 is 0. The average molecular weight is 246 g/mol. The first-order valence-electron chi connectivity index (χ1n) is 6.46. The summed E-state index contributed by atoms with van der Waals surface area (Å²) in [4.78, 5) is 15.2. The topological polar surface area (TPSA) is 43.8 Å². The summed E-state index contributed by atoms with van der Waals surface area (Å²) in [7, 11) is 0. The highest BCUT2D eigenvalue weighted by molar-refractivity contribution is 5.66. The van der Waals surface area contributed by atoms with Gasteiger partial charge in [-0.2, -0.15) is 0 Å². The molecule has 0 radical (unpaired) electrons. The predicted octanol–water partition coefficient (Wildman–Crippen LogP) is 2.01. The van der Waals surface area contributed by atoms with Crippen molar-refractivity contribution >= 4 is 6.09 Å². The molecular formula is C14H18N2O2. The number of likely N-dealkylation sites (tertiary alicyclic amines) is 2. The van der Waals surface area contributed by atoms with E-state index in [1.54, 1.807) is 4.90 Å². The molecule has 0 spiro atoms. The molecule has 1 aromatic rings. The number of carbonyl (C=O) groups is 1. The molecule has 2 fully saturated rings. The van der Waals surface area contributed by atoms with E-state index in [0.29, 0.717) is 18.6 Å². The second-order valence-electron chi connectivity index (χ2n) is 5.29. The zero-order valence-corrected chi connectivity index (χ0v) is 10.5. The van der Waals surface area contributed by atoms with Gasteiger partial charge >= 0.3 is 6.09 Å². The molecule has 3 unspecified atom stereocenters. The van der Waals surface area contributed by atoms with Crippen molar-refractivity contribution in [2.75, 3.05) is 6.54 Å². The van der Waals surface area contributed by atoms with E-state index in [1.165, 1.54) is 5.56 Å². The van der Waals surface area contributed by atoms with Crippen LogP contribution in [0.2, 0.25) is 0 Å². The Morgan fingerprint density at radius 1 is 1.39 bits per heavy atom. The van der Waals surface area contributed by atoms with Gasteiger partial charge in [-0.05, 0) is 18.9 Å². The van der Waals surface area contributed by atoms with Crippen LogP contribution in [0.15, 0.2) is 30.3 Å². The molecule has 2 aliphatic rings. The van der Waals surface area contributed by atoms with E-state index in [0.717, 1.165) is 13.0 Å². The lowest BCUT2D eigenvalue weighted by Crippen LogP contribution is -2.52. The number of fused-ring (bicyclic) bond motifs is 2. The fourth-order valence-electron chi connectivity index (χ4n) is 3.38. The van der Waals surface area contributed by atoms with Gasteiger partial charge in [-0.3, -0.25) is 4.90 Å². The Morgan fingerprint density at radius 3 is 2.72 bits per heavy atom. The Bertz CT molecular complexity index is 446. The summed E-state index contributed by atoms with van der Waals surface area (Å²) in [5.74, 6) is 0. The van der Waals surface area contributed by atoms with Crippen LogP contribution in [0.1, 0.15) is 18.9 Å². The summed E-state index contributed by atoms with van der Waals surface area (Å²) in [6, 6.07) is 11.3. The highest BCUT2D eigenvalue weighted by atomic mass is 16.4. The molecule has 1 aromatic carbocycles. The molecule has 2 saturated heterocycles. The number of piperazine rings is 1. The molecule has 0 saturated carbocycles. The highest BCUT2D eigenvalue weighted by Crippen LogP contribution is 2.36. The van der Waals surface area contributed by atoms with Gasteiger partial charge in [-0.1, -0.05) is 30.3 Å². The number of hydrogen-bond acceptors (Lipinski definition) is 2. The van der Waals surface area contributed by atoms with E-state index in [1.807, 2.05) is 6.07 Å². The molecule has 2 heterocycles. The maximum absolute atomic E-state index is 11.1. The predicted molar refractivity (Wildman–Crippen MR) is 68.4 cm³/mol. The highest BCUT2D eigenvalue weighted by Gasteiger charge is 2.49. The van der Waals surface area contributed by atoms with Gasteiger partial charge in [-0.15, -0.1) is 0 Å². The molecule has 3 atom stereocenters. The van der Waals surface area contributed by atoms with Crippen molar-refractivity contribution in [3.05, 3.63) is 35.9 Å². The first kappa shape index (κ1) is 11.5. The number of benzene rings is 1. The minimum atomic E-state index is -0.770. The molecule has 1 amide bonds. The van der Waals surface area contributed by atoms with Crippen LogP contribution in [0, 0.1) is 0 Å². The molecule has 0 aromatic heterocycles. The van der Waals surface area contributed by atoms with Gasteiger partial charge in [0.05, 0.1) is 6.04 Å². The molecule has 4 nitrogen and oxygen atoms in total. The standard InChI is InChI=1S/C14H18N2O2/c1-10-13-7-12(9-16(13)14(17)18)15(10)8-11-5-3-2-4-6-11/h2-6,10,12-13H,7-9H2,1H3,(H,17,18). The van der Waals surface area contributed by atoms with Crippen molar-refractivity contribution in [1.82, 2.24) is 9.80 Å². The average Bonchev–Trinajstić information content (AvgIpc) is 2.91. The number of amides is 1. The van der Waals surface area contributed by atoms with Gasteiger partial charge in [0.15, 0.2) is 0 Å².